The standard InChI is InChI=1S/C12H15FO5S/c1-3-17-12(14)11(13)8-18-19(15,16)10-6-4-9(2)5-7-10/h4-7,11H,3,8H2,1-2H3. The Morgan fingerprint density at radius 3 is 2.42 bits per heavy atom. The van der Waals surface area contributed by atoms with Gasteiger partial charge in [-0.15, -0.1) is 0 Å². The molecule has 0 saturated heterocycles. The highest BCUT2D eigenvalue weighted by molar-refractivity contribution is 7.86. The molecule has 0 bridgehead atoms. The van der Waals surface area contributed by atoms with E-state index in [4.69, 9.17) is 0 Å². The smallest absolute Gasteiger partial charge is 0.343 e. The summed E-state index contributed by atoms with van der Waals surface area (Å²) < 4.78 is 45.5. The van der Waals surface area contributed by atoms with E-state index in [0.717, 1.165) is 5.56 Å². The number of aryl methyl sites for hydroxylation is 1. The van der Waals surface area contributed by atoms with Crippen LogP contribution >= 0.6 is 0 Å². The molecule has 0 amide bonds. The molecule has 1 aromatic carbocycles. The number of rotatable bonds is 6. The van der Waals surface area contributed by atoms with Gasteiger partial charge >= 0.3 is 5.97 Å². The number of hydrogen-bond donors (Lipinski definition) is 0. The molecule has 0 saturated carbocycles. The van der Waals surface area contributed by atoms with Gasteiger partial charge in [-0.3, -0.25) is 4.18 Å². The highest BCUT2D eigenvalue weighted by Crippen LogP contribution is 2.14. The summed E-state index contributed by atoms with van der Waals surface area (Å²) >= 11 is 0. The predicted molar refractivity (Wildman–Crippen MR) is 65.8 cm³/mol. The number of halogens is 1. The van der Waals surface area contributed by atoms with Crippen LogP contribution in [0.5, 0.6) is 0 Å². The van der Waals surface area contributed by atoms with Crippen LogP contribution in [0.1, 0.15) is 12.5 Å². The molecule has 19 heavy (non-hydrogen) atoms. The van der Waals surface area contributed by atoms with Gasteiger partial charge in [-0.1, -0.05) is 17.7 Å². The topological polar surface area (TPSA) is 69.7 Å². The van der Waals surface area contributed by atoms with Crippen molar-refractivity contribution in [3.05, 3.63) is 29.8 Å². The molecule has 0 aliphatic rings. The zero-order chi connectivity index (χ0) is 14.5. The molecule has 0 radical (unpaired) electrons. The van der Waals surface area contributed by atoms with Crippen molar-refractivity contribution in [1.82, 2.24) is 0 Å². The molecule has 0 spiro atoms. The third-order valence-corrected chi connectivity index (χ3v) is 3.52. The Morgan fingerprint density at radius 2 is 1.89 bits per heavy atom. The minimum absolute atomic E-state index is 0.0178. The second-order valence-electron chi connectivity index (χ2n) is 3.77. The molecule has 1 atom stereocenters. The summed E-state index contributed by atoms with van der Waals surface area (Å²) in [6.07, 6.45) is -2.12. The van der Waals surface area contributed by atoms with Crippen molar-refractivity contribution in [3.8, 4) is 0 Å². The largest absolute Gasteiger partial charge is 0.464 e. The van der Waals surface area contributed by atoms with E-state index in [9.17, 15) is 17.6 Å². The summed E-state index contributed by atoms with van der Waals surface area (Å²) in [7, 11) is -4.07. The van der Waals surface area contributed by atoms with E-state index in [2.05, 4.69) is 8.92 Å². The maximum absolute atomic E-state index is 13.2. The van der Waals surface area contributed by atoms with Crippen LogP contribution in [0.3, 0.4) is 0 Å². The predicted octanol–water partition coefficient (Wildman–Crippen LogP) is 1.60. The van der Waals surface area contributed by atoms with Gasteiger partial charge in [0.05, 0.1) is 11.5 Å². The Balaban J connectivity index is 2.66. The van der Waals surface area contributed by atoms with Crippen molar-refractivity contribution in [1.29, 1.82) is 0 Å². The van der Waals surface area contributed by atoms with Gasteiger partial charge in [0.1, 0.15) is 6.61 Å². The van der Waals surface area contributed by atoms with E-state index < -0.39 is 28.9 Å². The van der Waals surface area contributed by atoms with E-state index in [-0.39, 0.29) is 11.5 Å². The van der Waals surface area contributed by atoms with Gasteiger partial charge in [-0.25, -0.2) is 9.18 Å². The van der Waals surface area contributed by atoms with Crippen LogP contribution in [0.2, 0.25) is 0 Å². The van der Waals surface area contributed by atoms with Crippen LogP contribution in [0.4, 0.5) is 4.39 Å². The minimum Gasteiger partial charge on any atom is -0.464 e. The molecule has 0 N–H and O–H groups in total. The average Bonchev–Trinajstić information content (AvgIpc) is 2.37. The number of carbonyl (C=O) groups excluding carboxylic acids is 1. The van der Waals surface area contributed by atoms with Gasteiger partial charge in [-0.05, 0) is 26.0 Å². The Bertz CT molecular complexity index is 524. The van der Waals surface area contributed by atoms with Crippen molar-refractivity contribution < 1.29 is 26.5 Å². The zero-order valence-corrected chi connectivity index (χ0v) is 11.4. The second-order valence-corrected chi connectivity index (χ2v) is 5.39. The first-order valence-corrected chi connectivity index (χ1v) is 7.04. The molecule has 0 aliphatic heterocycles. The lowest BCUT2D eigenvalue weighted by Crippen LogP contribution is -2.25. The lowest BCUT2D eigenvalue weighted by Gasteiger charge is -2.09. The number of benzene rings is 1. The first-order chi connectivity index (χ1) is 8.86. The molecule has 1 aromatic rings. The number of hydrogen-bond acceptors (Lipinski definition) is 5. The van der Waals surface area contributed by atoms with Crippen LogP contribution in [0.15, 0.2) is 29.2 Å². The molecule has 0 heterocycles. The molecule has 5 nitrogen and oxygen atoms in total. The maximum Gasteiger partial charge on any atom is 0.343 e. The summed E-state index contributed by atoms with van der Waals surface area (Å²) in [6.45, 7) is 2.45. The molecule has 0 aliphatic carbocycles. The van der Waals surface area contributed by atoms with E-state index in [1.54, 1.807) is 19.1 Å². The molecular weight excluding hydrogens is 275 g/mol. The lowest BCUT2D eigenvalue weighted by molar-refractivity contribution is -0.150. The van der Waals surface area contributed by atoms with Crippen LogP contribution in [-0.2, 0) is 23.8 Å². The normalized spacial score (nSPS) is 13.0. The van der Waals surface area contributed by atoms with Crippen molar-refractivity contribution in [3.63, 3.8) is 0 Å². The fourth-order valence-corrected chi connectivity index (χ4v) is 2.13. The SMILES string of the molecule is CCOC(=O)C(F)COS(=O)(=O)c1ccc(C)cc1. The third-order valence-electron chi connectivity index (χ3n) is 2.22. The van der Waals surface area contributed by atoms with Gasteiger partial charge in [0.25, 0.3) is 10.1 Å². The third kappa shape index (κ3) is 4.60. The van der Waals surface area contributed by atoms with Crippen molar-refractivity contribution in [2.24, 2.45) is 0 Å². The summed E-state index contributed by atoms with van der Waals surface area (Å²) in [4.78, 5) is 10.9. The minimum atomic E-state index is -4.07. The molecule has 0 aromatic heterocycles. The first-order valence-electron chi connectivity index (χ1n) is 5.63. The van der Waals surface area contributed by atoms with Crippen LogP contribution in [0.25, 0.3) is 0 Å². The first kappa shape index (κ1) is 15.6. The van der Waals surface area contributed by atoms with Crippen LogP contribution < -0.4 is 0 Å². The summed E-state index contributed by atoms with van der Waals surface area (Å²) in [5.74, 6) is -1.14. The van der Waals surface area contributed by atoms with Gasteiger partial charge in [0.2, 0.25) is 6.17 Å². The van der Waals surface area contributed by atoms with Crippen molar-refractivity contribution >= 4 is 16.1 Å². The van der Waals surface area contributed by atoms with E-state index in [1.807, 2.05) is 0 Å². The van der Waals surface area contributed by atoms with Crippen LogP contribution in [0, 0.1) is 6.92 Å². The van der Waals surface area contributed by atoms with Gasteiger partial charge in [-0.2, -0.15) is 8.42 Å². The fourth-order valence-electron chi connectivity index (χ4n) is 1.22. The number of ether oxygens (including phenoxy) is 1. The highest BCUT2D eigenvalue weighted by Gasteiger charge is 2.23. The van der Waals surface area contributed by atoms with Gasteiger partial charge < -0.3 is 4.74 Å². The fraction of sp³-hybridized carbons (Fsp3) is 0.417. The van der Waals surface area contributed by atoms with E-state index in [1.165, 1.54) is 19.1 Å². The molecule has 106 valence electrons. The van der Waals surface area contributed by atoms with Gasteiger partial charge in [0.15, 0.2) is 0 Å². The van der Waals surface area contributed by atoms with E-state index >= 15 is 0 Å². The Hall–Kier alpha value is -1.47. The van der Waals surface area contributed by atoms with Gasteiger partial charge in [0, 0.05) is 0 Å². The summed E-state index contributed by atoms with van der Waals surface area (Å²) in [5.41, 5.74) is 0.883. The Kier molecular flexibility index (Phi) is 5.44. The van der Waals surface area contributed by atoms with Crippen LogP contribution in [-0.4, -0.2) is 33.8 Å². The van der Waals surface area contributed by atoms with Crippen molar-refractivity contribution in [2.45, 2.75) is 24.9 Å². The molecular formula is C12H15FO5S. The number of esters is 1. The molecule has 1 unspecified atom stereocenters. The summed E-state index contributed by atoms with van der Waals surface area (Å²) in [6, 6.07) is 5.88. The Labute approximate surface area is 111 Å². The molecule has 1 rings (SSSR count). The summed E-state index contributed by atoms with van der Waals surface area (Å²) in [5, 5.41) is 0. The maximum atomic E-state index is 13.2. The number of alkyl halides is 1. The highest BCUT2D eigenvalue weighted by atomic mass is 32.2. The lowest BCUT2D eigenvalue weighted by atomic mass is 10.2. The molecule has 7 heteroatoms. The quantitative estimate of drug-likeness (QED) is 0.588. The molecule has 0 fully saturated rings. The second kappa shape index (κ2) is 6.63. The monoisotopic (exact) mass is 290 g/mol. The van der Waals surface area contributed by atoms with E-state index in [0.29, 0.717) is 0 Å². The number of carbonyl (C=O) groups is 1. The Morgan fingerprint density at radius 1 is 1.32 bits per heavy atom. The average molecular weight is 290 g/mol. The van der Waals surface area contributed by atoms with Crippen molar-refractivity contribution in [2.75, 3.05) is 13.2 Å². The zero-order valence-electron chi connectivity index (χ0n) is 10.6.